The number of amidine groups is 1. The molecular formula is C5H3N10+. The Hall–Kier alpha value is -2.92. The van der Waals surface area contributed by atoms with Gasteiger partial charge in [-0.15, -0.1) is 5.10 Å². The van der Waals surface area contributed by atoms with Gasteiger partial charge in [0.15, 0.2) is 5.10 Å². The maximum absolute atomic E-state index is 8.28. The Kier molecular flexibility index (Phi) is 3.35. The van der Waals surface area contributed by atoms with Crippen molar-refractivity contribution < 1.29 is 0 Å². The Bertz CT molecular complexity index is 478. The molecule has 0 aliphatic carbocycles. The van der Waals surface area contributed by atoms with Gasteiger partial charge in [0.1, 0.15) is 0 Å². The molecule has 1 aliphatic heterocycles. The minimum Gasteiger partial charge on any atom is -0.233 e. The van der Waals surface area contributed by atoms with Crippen molar-refractivity contribution in [2.24, 2.45) is 25.5 Å². The highest BCUT2D eigenvalue weighted by Gasteiger charge is 2.20. The first kappa shape index (κ1) is 10.2. The summed E-state index contributed by atoms with van der Waals surface area (Å²) in [6.07, 6.45) is 2.65. The molecule has 0 aromatic rings. The highest BCUT2D eigenvalue weighted by atomic mass is 15.3. The van der Waals surface area contributed by atoms with Gasteiger partial charge in [-0.3, -0.25) is 0 Å². The fourth-order valence-corrected chi connectivity index (χ4v) is 0.823. The van der Waals surface area contributed by atoms with E-state index in [9.17, 15) is 0 Å². The molecule has 0 aromatic heterocycles. The van der Waals surface area contributed by atoms with E-state index in [1.165, 1.54) is 12.3 Å². The maximum Gasteiger partial charge on any atom is 0.339 e. The van der Waals surface area contributed by atoms with E-state index in [0.717, 1.165) is 0 Å². The molecule has 0 atom stereocenters. The minimum atomic E-state index is -0.0762. The van der Waals surface area contributed by atoms with Crippen molar-refractivity contribution in [2.75, 3.05) is 0 Å². The number of allylic oxidation sites excluding steroid dienone is 1. The molecule has 0 fully saturated rings. The Morgan fingerprint density at radius 3 is 2.93 bits per heavy atom. The number of dihydropyridines is 1. The Morgan fingerprint density at radius 1 is 1.53 bits per heavy atom. The van der Waals surface area contributed by atoms with E-state index in [-0.39, 0.29) is 17.2 Å². The minimum absolute atomic E-state index is 0.0613. The molecule has 10 heteroatoms. The van der Waals surface area contributed by atoms with Crippen LogP contribution in [0.1, 0.15) is 0 Å². The number of nitrogens with zero attached hydrogens (tertiary/aromatic N) is 9. The molecule has 0 bridgehead atoms. The first-order chi connectivity index (χ1) is 7.33. The summed E-state index contributed by atoms with van der Waals surface area (Å²) in [5, 5.41) is 23.4. The smallest absolute Gasteiger partial charge is 0.233 e. The van der Waals surface area contributed by atoms with Crippen molar-refractivity contribution in [3.05, 3.63) is 27.3 Å². The molecule has 1 rings (SSSR count). The van der Waals surface area contributed by atoms with Gasteiger partial charge in [0.05, 0.1) is 5.70 Å². The first-order valence-electron chi connectivity index (χ1n) is 3.50. The molecule has 10 nitrogen and oxygen atoms in total. The zero-order valence-corrected chi connectivity index (χ0v) is 7.18. The van der Waals surface area contributed by atoms with E-state index in [1.54, 1.807) is 0 Å². The monoisotopic (exact) mass is 203 g/mol. The van der Waals surface area contributed by atoms with E-state index in [2.05, 4.69) is 35.5 Å². The van der Waals surface area contributed by atoms with Crippen LogP contribution in [0.2, 0.25) is 0 Å². The number of hydrogen-bond acceptors (Lipinski definition) is 5. The summed E-state index contributed by atoms with van der Waals surface area (Å²) in [5.41, 5.74) is 14.8. The van der Waals surface area contributed by atoms with Gasteiger partial charge >= 0.3 is 5.08 Å². The average molecular weight is 203 g/mol. The molecule has 0 aromatic carbocycles. The lowest BCUT2D eigenvalue weighted by atomic mass is 10.2. The van der Waals surface area contributed by atoms with Crippen LogP contribution in [0.5, 0.6) is 0 Å². The van der Waals surface area contributed by atoms with E-state index in [0.29, 0.717) is 0 Å². The van der Waals surface area contributed by atoms with Crippen LogP contribution >= 0.6 is 0 Å². The third-order valence-electron chi connectivity index (χ3n) is 1.33. The van der Waals surface area contributed by atoms with Crippen molar-refractivity contribution in [3.63, 3.8) is 0 Å². The number of nitrogens with one attached hydrogen (secondary N) is 1. The zero-order valence-electron chi connectivity index (χ0n) is 7.18. The Labute approximate surface area is 82.5 Å². The van der Waals surface area contributed by atoms with Crippen molar-refractivity contribution in [3.8, 4) is 0 Å². The Balaban J connectivity index is 3.27. The molecule has 0 saturated carbocycles. The summed E-state index contributed by atoms with van der Waals surface area (Å²) in [5.74, 6) is -0.0762. The summed E-state index contributed by atoms with van der Waals surface area (Å²) < 4.78 is 0. The number of rotatable bonds is 2. The van der Waals surface area contributed by atoms with Crippen LogP contribution in [-0.2, 0) is 0 Å². The van der Waals surface area contributed by atoms with Crippen LogP contribution in [0, 0.1) is 10.9 Å². The lowest BCUT2D eigenvalue weighted by molar-refractivity contribution is 0.989. The number of azide groups is 1. The highest BCUT2D eigenvalue weighted by molar-refractivity contribution is 6.50. The fraction of sp³-hybridized carbons (Fsp3) is 0. The topological polar surface area (TPSA) is 150 Å². The molecular weight excluding hydrogens is 200 g/mol. The van der Waals surface area contributed by atoms with Crippen LogP contribution in [0.25, 0.3) is 15.5 Å². The van der Waals surface area contributed by atoms with Crippen LogP contribution in [-0.4, -0.2) is 17.8 Å². The fourth-order valence-electron chi connectivity index (χ4n) is 0.823. The van der Waals surface area contributed by atoms with Gasteiger partial charge in [0, 0.05) is 11.1 Å². The molecule has 0 radical (unpaired) electrons. The lowest BCUT2D eigenvalue weighted by Gasteiger charge is -2.01. The van der Waals surface area contributed by atoms with E-state index in [1.807, 2.05) is 0 Å². The largest absolute Gasteiger partial charge is 0.339 e. The number of aliphatic imine (C=N–C) groups is 1. The Morgan fingerprint density at radius 2 is 2.33 bits per heavy atom. The molecule has 1 N–H and O–H groups in total. The quantitative estimate of drug-likeness (QED) is 0.235. The molecule has 0 spiro atoms. The number of hydrogen-bond donors (Lipinski definition) is 1. The van der Waals surface area contributed by atoms with E-state index >= 15 is 0 Å². The second-order valence-electron chi connectivity index (χ2n) is 2.08. The van der Waals surface area contributed by atoms with Crippen molar-refractivity contribution in [1.82, 2.24) is 0 Å². The van der Waals surface area contributed by atoms with Gasteiger partial charge < -0.3 is 0 Å². The summed E-state index contributed by atoms with van der Waals surface area (Å²) in [7, 11) is 0. The maximum atomic E-state index is 8.28. The molecule has 0 amide bonds. The molecule has 0 unspecified atom stereocenters. The second kappa shape index (κ2) is 4.95. The van der Waals surface area contributed by atoms with Crippen molar-refractivity contribution in [2.45, 2.75) is 0 Å². The normalized spacial score (nSPS) is 19.3. The van der Waals surface area contributed by atoms with Gasteiger partial charge in [-0.1, -0.05) is 10.3 Å². The molecule has 72 valence electrons. The predicted octanol–water partition coefficient (Wildman–Crippen LogP) is 1.82. The van der Waals surface area contributed by atoms with Gasteiger partial charge in [-0.05, 0) is 11.6 Å². The second-order valence-corrected chi connectivity index (χ2v) is 2.08. The standard InChI is InChI=1S/C5H3N10/c6-13-10-3-1-2-9-5(12-15-8)4(3)11-14-7/h1-2,8H/q+1. The summed E-state index contributed by atoms with van der Waals surface area (Å²) in [6, 6.07) is 0. The first-order valence-corrected chi connectivity index (χ1v) is 3.50. The SMILES string of the molecule is N#[N+]N=C1C(N=[N+]=[N-])=CC=NC1=NN=N. The van der Waals surface area contributed by atoms with Gasteiger partial charge in [0.2, 0.25) is 11.5 Å². The lowest BCUT2D eigenvalue weighted by Crippen LogP contribution is -2.16. The summed E-state index contributed by atoms with van der Waals surface area (Å²) in [4.78, 5) is 6.25. The van der Waals surface area contributed by atoms with Gasteiger partial charge in [0.25, 0.3) is 5.39 Å². The summed E-state index contributed by atoms with van der Waals surface area (Å²) >= 11 is 0. The molecule has 15 heavy (non-hydrogen) atoms. The molecule has 0 saturated heterocycles. The van der Waals surface area contributed by atoms with E-state index < -0.39 is 0 Å². The molecule has 1 heterocycles. The van der Waals surface area contributed by atoms with Crippen LogP contribution in [0.3, 0.4) is 0 Å². The van der Waals surface area contributed by atoms with Crippen molar-refractivity contribution >= 4 is 17.8 Å². The average Bonchev–Trinajstić information content (AvgIpc) is 2.23. The van der Waals surface area contributed by atoms with Gasteiger partial charge in [-0.25, -0.2) is 4.99 Å². The highest BCUT2D eigenvalue weighted by Crippen LogP contribution is 2.08. The zero-order chi connectivity index (χ0) is 11.1. The van der Waals surface area contributed by atoms with Gasteiger partial charge in [-0.2, -0.15) is 5.53 Å². The number of diazo groups is 1. The predicted molar refractivity (Wildman–Crippen MR) is 50.8 cm³/mol. The summed E-state index contributed by atoms with van der Waals surface area (Å²) in [6.45, 7) is 0. The third-order valence-corrected chi connectivity index (χ3v) is 1.33. The third kappa shape index (κ3) is 2.27. The molecule has 1 aliphatic rings. The van der Waals surface area contributed by atoms with Crippen LogP contribution < -0.4 is 0 Å². The van der Waals surface area contributed by atoms with Crippen molar-refractivity contribution in [1.29, 1.82) is 10.9 Å². The van der Waals surface area contributed by atoms with Crippen LogP contribution in [0.15, 0.2) is 37.3 Å². The van der Waals surface area contributed by atoms with E-state index in [4.69, 9.17) is 16.5 Å². The van der Waals surface area contributed by atoms with Crippen LogP contribution in [0.4, 0.5) is 0 Å².